The van der Waals surface area contributed by atoms with Crippen LogP contribution in [-0.4, -0.2) is 23.3 Å². The Morgan fingerprint density at radius 3 is 2.24 bits per heavy atom. The first-order valence-corrected chi connectivity index (χ1v) is 8.70. The van der Waals surface area contributed by atoms with Crippen LogP contribution in [0, 0.1) is 13.8 Å². The number of aliphatic hydroxyl groups is 1. The van der Waals surface area contributed by atoms with Gasteiger partial charge in [0.15, 0.2) is 0 Å². The SMILES string of the molecule is CC(C)(C)O.CCOC(=O)Cc1c(C)c2c(c(C)c1/C=C/N)CNC2. The Morgan fingerprint density at radius 2 is 1.76 bits per heavy atom. The lowest BCUT2D eigenvalue weighted by molar-refractivity contribution is -0.142. The van der Waals surface area contributed by atoms with Crippen LogP contribution >= 0.6 is 0 Å². The topological polar surface area (TPSA) is 84.6 Å². The Hall–Kier alpha value is -1.85. The first-order chi connectivity index (χ1) is 11.6. The summed E-state index contributed by atoms with van der Waals surface area (Å²) in [5, 5.41) is 11.9. The van der Waals surface area contributed by atoms with Crippen LogP contribution in [0.3, 0.4) is 0 Å². The lowest BCUT2D eigenvalue weighted by atomic mass is 9.87. The summed E-state index contributed by atoms with van der Waals surface area (Å²) in [5.74, 6) is -0.187. The minimum atomic E-state index is -0.500. The molecule has 5 heteroatoms. The Balaban J connectivity index is 0.000000550. The molecule has 25 heavy (non-hydrogen) atoms. The zero-order valence-electron chi connectivity index (χ0n) is 16.3. The number of esters is 1. The summed E-state index contributed by atoms with van der Waals surface area (Å²) < 4.78 is 5.08. The van der Waals surface area contributed by atoms with Crippen LogP contribution in [0.25, 0.3) is 6.08 Å². The number of carbonyl (C=O) groups excluding carboxylic acids is 1. The molecule has 1 aliphatic rings. The highest BCUT2D eigenvalue weighted by Gasteiger charge is 2.22. The minimum Gasteiger partial charge on any atom is -0.466 e. The monoisotopic (exact) mass is 348 g/mol. The Labute approximate surface area is 151 Å². The fraction of sp³-hybridized carbons (Fsp3) is 0.550. The quantitative estimate of drug-likeness (QED) is 0.729. The van der Waals surface area contributed by atoms with Gasteiger partial charge in [0.05, 0.1) is 18.6 Å². The van der Waals surface area contributed by atoms with Gasteiger partial charge in [0.2, 0.25) is 0 Å². The summed E-state index contributed by atoms with van der Waals surface area (Å²) in [4.78, 5) is 11.8. The summed E-state index contributed by atoms with van der Waals surface area (Å²) in [6.07, 6.45) is 3.72. The molecule has 0 aliphatic carbocycles. The third-order valence-electron chi connectivity index (χ3n) is 3.94. The first kappa shape index (κ1) is 21.2. The second-order valence-electron chi connectivity index (χ2n) is 7.21. The minimum absolute atomic E-state index is 0.187. The summed E-state index contributed by atoms with van der Waals surface area (Å²) in [6, 6.07) is 0. The van der Waals surface area contributed by atoms with Crippen LogP contribution in [0.15, 0.2) is 6.20 Å². The normalized spacial score (nSPS) is 13.4. The van der Waals surface area contributed by atoms with Crippen LogP contribution < -0.4 is 11.1 Å². The molecule has 0 saturated heterocycles. The van der Waals surface area contributed by atoms with Crippen molar-refractivity contribution in [1.29, 1.82) is 0 Å². The van der Waals surface area contributed by atoms with E-state index in [1.54, 1.807) is 20.8 Å². The molecule has 140 valence electrons. The van der Waals surface area contributed by atoms with Crippen LogP contribution in [0.4, 0.5) is 0 Å². The number of carbonyl (C=O) groups is 1. The van der Waals surface area contributed by atoms with E-state index in [0.29, 0.717) is 13.0 Å². The maximum Gasteiger partial charge on any atom is 0.310 e. The van der Waals surface area contributed by atoms with Gasteiger partial charge in [0.25, 0.3) is 0 Å². The molecule has 0 fully saturated rings. The molecule has 2 rings (SSSR count). The van der Waals surface area contributed by atoms with Crippen molar-refractivity contribution in [3.8, 4) is 0 Å². The van der Waals surface area contributed by atoms with Crippen molar-refractivity contribution in [2.24, 2.45) is 5.73 Å². The van der Waals surface area contributed by atoms with Gasteiger partial charge in [0, 0.05) is 13.1 Å². The molecule has 0 unspecified atom stereocenters. The van der Waals surface area contributed by atoms with E-state index in [9.17, 15) is 4.79 Å². The smallest absolute Gasteiger partial charge is 0.310 e. The third kappa shape index (κ3) is 6.18. The number of ether oxygens (including phenoxy) is 1. The zero-order chi connectivity index (χ0) is 19.2. The van der Waals surface area contributed by atoms with E-state index < -0.39 is 5.60 Å². The van der Waals surface area contributed by atoms with Gasteiger partial charge in [0.1, 0.15) is 0 Å². The van der Waals surface area contributed by atoms with Gasteiger partial charge in [-0.2, -0.15) is 0 Å². The van der Waals surface area contributed by atoms with Crippen molar-refractivity contribution in [3.63, 3.8) is 0 Å². The lowest BCUT2D eigenvalue weighted by Crippen LogP contribution is -2.12. The van der Waals surface area contributed by atoms with Crippen molar-refractivity contribution in [2.75, 3.05) is 6.61 Å². The molecular formula is C20H32N2O3. The highest BCUT2D eigenvalue weighted by Crippen LogP contribution is 2.31. The third-order valence-corrected chi connectivity index (χ3v) is 3.94. The van der Waals surface area contributed by atoms with E-state index in [4.69, 9.17) is 15.6 Å². The fourth-order valence-electron chi connectivity index (χ4n) is 2.92. The molecule has 0 aromatic heterocycles. The molecule has 1 aliphatic heterocycles. The number of nitrogens with two attached hydrogens (primary N) is 1. The highest BCUT2D eigenvalue weighted by molar-refractivity contribution is 5.77. The number of hydrogen-bond donors (Lipinski definition) is 3. The number of fused-ring (bicyclic) bond motifs is 1. The zero-order valence-corrected chi connectivity index (χ0v) is 16.3. The van der Waals surface area contributed by atoms with Crippen LogP contribution in [0.1, 0.15) is 61.1 Å². The van der Waals surface area contributed by atoms with Crippen LogP contribution in [0.5, 0.6) is 0 Å². The van der Waals surface area contributed by atoms with E-state index >= 15 is 0 Å². The molecule has 5 nitrogen and oxygen atoms in total. The second-order valence-corrected chi connectivity index (χ2v) is 7.21. The maximum absolute atomic E-state index is 11.8. The molecular weight excluding hydrogens is 316 g/mol. The molecule has 0 amide bonds. The van der Waals surface area contributed by atoms with Gasteiger partial charge in [-0.05, 0) is 87.2 Å². The standard InChI is InChI=1S/C16H22N2O2.C4H10O/c1-4-20-16(19)7-13-11(3)15-9-18-8-14(15)10(2)12(13)5-6-17;1-4(2,3)5/h5-6,18H,4,7-9,17H2,1-3H3;5H,1-3H3/b6-5+;. The van der Waals surface area contributed by atoms with E-state index in [2.05, 4.69) is 19.2 Å². The first-order valence-electron chi connectivity index (χ1n) is 8.70. The predicted molar refractivity (Wildman–Crippen MR) is 102 cm³/mol. The number of nitrogens with one attached hydrogen (secondary N) is 1. The van der Waals surface area contributed by atoms with Crippen molar-refractivity contribution < 1.29 is 14.6 Å². The van der Waals surface area contributed by atoms with Gasteiger partial charge in [-0.15, -0.1) is 0 Å². The van der Waals surface area contributed by atoms with Gasteiger partial charge < -0.3 is 20.9 Å². The number of benzene rings is 1. The van der Waals surface area contributed by atoms with E-state index in [1.807, 2.05) is 13.0 Å². The lowest BCUT2D eigenvalue weighted by Gasteiger charge is -2.18. The van der Waals surface area contributed by atoms with Crippen LogP contribution in [-0.2, 0) is 29.0 Å². The Morgan fingerprint density at radius 1 is 1.24 bits per heavy atom. The predicted octanol–water partition coefficient (Wildman–Crippen LogP) is 2.72. The molecule has 0 radical (unpaired) electrons. The van der Waals surface area contributed by atoms with E-state index in [-0.39, 0.29) is 5.97 Å². The molecule has 1 aromatic carbocycles. The molecule has 1 aromatic rings. The second kappa shape index (κ2) is 9.02. The van der Waals surface area contributed by atoms with Gasteiger partial charge in [-0.3, -0.25) is 4.79 Å². The summed E-state index contributed by atoms with van der Waals surface area (Å²) in [7, 11) is 0. The number of rotatable bonds is 4. The summed E-state index contributed by atoms with van der Waals surface area (Å²) in [6.45, 7) is 13.4. The summed E-state index contributed by atoms with van der Waals surface area (Å²) in [5.41, 5.74) is 12.2. The average molecular weight is 348 g/mol. The maximum atomic E-state index is 11.8. The van der Waals surface area contributed by atoms with Crippen molar-refractivity contribution >= 4 is 12.0 Å². The van der Waals surface area contributed by atoms with Gasteiger partial charge in [-0.25, -0.2) is 0 Å². The molecule has 0 atom stereocenters. The molecule has 0 bridgehead atoms. The molecule has 1 heterocycles. The fourth-order valence-corrected chi connectivity index (χ4v) is 2.92. The average Bonchev–Trinajstić information content (AvgIpc) is 2.97. The van der Waals surface area contributed by atoms with E-state index in [1.165, 1.54) is 28.5 Å². The molecule has 4 N–H and O–H groups in total. The van der Waals surface area contributed by atoms with Gasteiger partial charge in [-0.1, -0.05) is 0 Å². The van der Waals surface area contributed by atoms with E-state index in [0.717, 1.165) is 24.2 Å². The Kier molecular flexibility index (Phi) is 7.64. The van der Waals surface area contributed by atoms with Gasteiger partial charge >= 0.3 is 5.97 Å². The van der Waals surface area contributed by atoms with Crippen molar-refractivity contribution in [2.45, 2.75) is 66.7 Å². The Bertz CT molecular complexity index is 638. The largest absolute Gasteiger partial charge is 0.466 e. The van der Waals surface area contributed by atoms with Crippen molar-refractivity contribution in [1.82, 2.24) is 5.32 Å². The van der Waals surface area contributed by atoms with Crippen LogP contribution in [0.2, 0.25) is 0 Å². The number of hydrogen-bond acceptors (Lipinski definition) is 5. The summed E-state index contributed by atoms with van der Waals surface area (Å²) >= 11 is 0. The van der Waals surface area contributed by atoms with Crippen molar-refractivity contribution in [3.05, 3.63) is 39.6 Å². The molecule has 0 spiro atoms. The highest BCUT2D eigenvalue weighted by atomic mass is 16.5. The molecule has 0 saturated carbocycles.